The molecule has 112 valence electrons. The van der Waals surface area contributed by atoms with Crippen LogP contribution in [0.1, 0.15) is 32.2 Å². The van der Waals surface area contributed by atoms with Crippen molar-refractivity contribution in [1.29, 1.82) is 0 Å². The van der Waals surface area contributed by atoms with E-state index in [1.165, 1.54) is 11.8 Å². The Hall–Kier alpha value is -0.970. The monoisotopic (exact) mass is 341 g/mol. The Labute approximate surface area is 139 Å². The highest BCUT2D eigenvalue weighted by molar-refractivity contribution is 7.99. The van der Waals surface area contributed by atoms with Gasteiger partial charge in [0.25, 0.3) is 0 Å². The van der Waals surface area contributed by atoms with Crippen LogP contribution in [0.2, 0.25) is 10.0 Å². The van der Waals surface area contributed by atoms with Gasteiger partial charge >= 0.3 is 0 Å². The summed E-state index contributed by atoms with van der Waals surface area (Å²) in [5, 5.41) is 1.90. The van der Waals surface area contributed by atoms with Crippen molar-refractivity contribution < 1.29 is 0 Å². The van der Waals surface area contributed by atoms with Crippen molar-refractivity contribution >= 4 is 40.8 Å². The third-order valence-corrected chi connectivity index (χ3v) is 4.73. The van der Waals surface area contributed by atoms with Crippen molar-refractivity contribution in [2.75, 3.05) is 5.73 Å². The Bertz CT molecular complexity index is 681. The molecule has 0 spiro atoms. The number of nitrogen functional groups attached to an aromatic ring is 1. The van der Waals surface area contributed by atoms with Crippen molar-refractivity contribution in [3.63, 3.8) is 0 Å². The predicted octanol–water partition coefficient (Wildman–Crippen LogP) is 5.12. The average molecular weight is 342 g/mol. The average Bonchev–Trinajstić information content (AvgIpc) is 2.38. The van der Waals surface area contributed by atoms with Crippen LogP contribution in [0.3, 0.4) is 0 Å². The molecule has 1 heterocycles. The minimum absolute atomic E-state index is 0.158. The number of nitrogens with two attached hydrogens (primary N) is 1. The number of aromatic nitrogens is 2. The number of nitrogens with zero attached hydrogens (tertiary/aromatic N) is 2. The van der Waals surface area contributed by atoms with E-state index in [1.807, 2.05) is 19.1 Å². The highest BCUT2D eigenvalue weighted by atomic mass is 35.5. The molecule has 0 saturated carbocycles. The third kappa shape index (κ3) is 3.82. The Morgan fingerprint density at radius 2 is 1.76 bits per heavy atom. The van der Waals surface area contributed by atoms with Gasteiger partial charge in [0.15, 0.2) is 0 Å². The van der Waals surface area contributed by atoms with Crippen molar-refractivity contribution in [1.82, 2.24) is 9.97 Å². The first-order valence-electron chi connectivity index (χ1n) is 6.46. The van der Waals surface area contributed by atoms with Gasteiger partial charge in [-0.05, 0) is 25.1 Å². The summed E-state index contributed by atoms with van der Waals surface area (Å²) in [7, 11) is 0. The van der Waals surface area contributed by atoms with Gasteiger partial charge in [-0.1, -0.05) is 55.7 Å². The number of halogens is 2. The maximum atomic E-state index is 6.05. The summed E-state index contributed by atoms with van der Waals surface area (Å²) in [6.45, 7) is 8.10. The number of hydrogen-bond acceptors (Lipinski definition) is 4. The molecular formula is C15H17Cl2N3S. The van der Waals surface area contributed by atoms with Crippen LogP contribution in [0.15, 0.2) is 28.1 Å². The molecular weight excluding hydrogens is 325 g/mol. The molecule has 0 aliphatic carbocycles. The zero-order chi connectivity index (χ0) is 15.8. The maximum Gasteiger partial charge on any atom is 0.137 e. The predicted molar refractivity (Wildman–Crippen MR) is 90.5 cm³/mol. The second-order valence-corrected chi connectivity index (χ2v) is 7.67. The first-order chi connectivity index (χ1) is 9.68. The summed E-state index contributed by atoms with van der Waals surface area (Å²) in [5.41, 5.74) is 6.73. The van der Waals surface area contributed by atoms with Crippen molar-refractivity contribution in [2.24, 2.45) is 0 Å². The molecule has 0 aliphatic rings. The fraction of sp³-hybridized carbons (Fsp3) is 0.333. The van der Waals surface area contributed by atoms with E-state index >= 15 is 0 Å². The molecule has 0 fully saturated rings. The van der Waals surface area contributed by atoms with E-state index in [1.54, 1.807) is 6.07 Å². The number of hydrogen-bond donors (Lipinski definition) is 1. The van der Waals surface area contributed by atoms with Gasteiger partial charge in [0.1, 0.15) is 16.7 Å². The van der Waals surface area contributed by atoms with Crippen molar-refractivity contribution in [2.45, 2.75) is 43.0 Å². The summed E-state index contributed by atoms with van der Waals surface area (Å²) in [6, 6.07) is 5.51. The summed E-state index contributed by atoms with van der Waals surface area (Å²) in [6.07, 6.45) is 0. The van der Waals surface area contributed by atoms with E-state index in [0.717, 1.165) is 21.3 Å². The lowest BCUT2D eigenvalue weighted by atomic mass is 9.95. The molecule has 2 aromatic rings. The Kier molecular flexibility index (Phi) is 4.71. The third-order valence-electron chi connectivity index (χ3n) is 2.92. The molecule has 1 aromatic heterocycles. The molecule has 0 saturated heterocycles. The SMILES string of the molecule is Cc1c(N)nc(C(C)(C)C)nc1Sc1ccc(Cl)c(Cl)c1. The van der Waals surface area contributed by atoms with Gasteiger partial charge in [-0.25, -0.2) is 9.97 Å². The highest BCUT2D eigenvalue weighted by Gasteiger charge is 2.20. The number of rotatable bonds is 2. The zero-order valence-electron chi connectivity index (χ0n) is 12.4. The Morgan fingerprint density at radius 1 is 1.10 bits per heavy atom. The van der Waals surface area contributed by atoms with Gasteiger partial charge in [-0.3, -0.25) is 0 Å². The van der Waals surface area contributed by atoms with E-state index < -0.39 is 0 Å². The number of benzene rings is 1. The second-order valence-electron chi connectivity index (χ2n) is 5.79. The summed E-state index contributed by atoms with van der Waals surface area (Å²) in [5.74, 6) is 1.24. The summed E-state index contributed by atoms with van der Waals surface area (Å²) < 4.78 is 0. The molecule has 2 N–H and O–H groups in total. The normalized spacial score (nSPS) is 11.7. The molecule has 0 unspecified atom stereocenters. The molecule has 3 nitrogen and oxygen atoms in total. The maximum absolute atomic E-state index is 6.05. The van der Waals surface area contributed by atoms with Gasteiger partial charge in [0, 0.05) is 15.9 Å². The van der Waals surface area contributed by atoms with Gasteiger partial charge in [-0.15, -0.1) is 0 Å². The van der Waals surface area contributed by atoms with E-state index in [9.17, 15) is 0 Å². The van der Waals surface area contributed by atoms with Crippen LogP contribution in [0.4, 0.5) is 5.82 Å². The van der Waals surface area contributed by atoms with Crippen LogP contribution in [0, 0.1) is 6.92 Å². The Morgan fingerprint density at radius 3 is 2.33 bits per heavy atom. The first-order valence-corrected chi connectivity index (χ1v) is 8.03. The molecule has 0 atom stereocenters. The van der Waals surface area contributed by atoms with Crippen LogP contribution in [-0.2, 0) is 5.41 Å². The second kappa shape index (κ2) is 6.03. The molecule has 0 aliphatic heterocycles. The van der Waals surface area contributed by atoms with E-state index in [0.29, 0.717) is 15.9 Å². The van der Waals surface area contributed by atoms with Crippen LogP contribution in [-0.4, -0.2) is 9.97 Å². The van der Waals surface area contributed by atoms with Crippen LogP contribution < -0.4 is 5.73 Å². The Balaban J connectivity index is 2.43. The highest BCUT2D eigenvalue weighted by Crippen LogP contribution is 2.35. The molecule has 2 rings (SSSR count). The van der Waals surface area contributed by atoms with Crippen LogP contribution in [0.5, 0.6) is 0 Å². The summed E-state index contributed by atoms with van der Waals surface area (Å²) >= 11 is 13.5. The molecule has 0 amide bonds. The minimum atomic E-state index is -0.158. The van der Waals surface area contributed by atoms with Gasteiger partial charge in [0.2, 0.25) is 0 Å². The molecule has 1 aromatic carbocycles. The first kappa shape index (κ1) is 16.4. The van der Waals surface area contributed by atoms with Crippen LogP contribution in [0.25, 0.3) is 0 Å². The topological polar surface area (TPSA) is 51.8 Å². The largest absolute Gasteiger partial charge is 0.383 e. The van der Waals surface area contributed by atoms with E-state index in [4.69, 9.17) is 28.9 Å². The summed E-state index contributed by atoms with van der Waals surface area (Å²) in [4.78, 5) is 10.00. The van der Waals surface area contributed by atoms with Gasteiger partial charge in [0.05, 0.1) is 10.0 Å². The minimum Gasteiger partial charge on any atom is -0.383 e. The molecule has 0 bridgehead atoms. The van der Waals surface area contributed by atoms with E-state index in [2.05, 4.69) is 30.7 Å². The fourth-order valence-corrected chi connectivity index (χ4v) is 2.89. The van der Waals surface area contributed by atoms with Gasteiger partial charge in [-0.2, -0.15) is 0 Å². The lowest BCUT2D eigenvalue weighted by Gasteiger charge is -2.19. The van der Waals surface area contributed by atoms with Crippen molar-refractivity contribution in [3.05, 3.63) is 39.6 Å². The lowest BCUT2D eigenvalue weighted by Crippen LogP contribution is -2.18. The van der Waals surface area contributed by atoms with E-state index in [-0.39, 0.29) is 5.41 Å². The number of anilines is 1. The van der Waals surface area contributed by atoms with Gasteiger partial charge < -0.3 is 5.73 Å². The standard InChI is InChI=1S/C15H17Cl2N3S/c1-8-12(18)19-14(15(2,3)4)20-13(8)21-9-5-6-10(16)11(17)7-9/h5-7H,1-4H3,(H2,18,19,20). The zero-order valence-corrected chi connectivity index (χ0v) is 14.7. The van der Waals surface area contributed by atoms with Crippen LogP contribution >= 0.6 is 35.0 Å². The molecule has 21 heavy (non-hydrogen) atoms. The quantitative estimate of drug-likeness (QED) is 0.770. The van der Waals surface area contributed by atoms with Crippen molar-refractivity contribution in [3.8, 4) is 0 Å². The molecule has 6 heteroatoms. The lowest BCUT2D eigenvalue weighted by molar-refractivity contribution is 0.538. The fourth-order valence-electron chi connectivity index (χ4n) is 1.60. The molecule has 0 radical (unpaired) electrons. The smallest absolute Gasteiger partial charge is 0.137 e.